The first-order valence-electron chi connectivity index (χ1n) is 13.2. The summed E-state index contributed by atoms with van der Waals surface area (Å²) in [6.45, 7) is 12.8. The van der Waals surface area contributed by atoms with Crippen LogP contribution in [0.2, 0.25) is 18.1 Å². The Bertz CT molecular complexity index is 1390. The SMILES string of the molecule is Cn1c(=O)n(C2CCC(=O)NC2=O)c2ccc(C#CCN3CCC(CO[Si](C)(C)C(C)(C)C)CC3=O)cc21. The van der Waals surface area contributed by atoms with Gasteiger partial charge in [0.05, 0.1) is 17.6 Å². The fourth-order valence-electron chi connectivity index (χ4n) is 4.70. The third-order valence-electron chi connectivity index (χ3n) is 8.22. The van der Waals surface area contributed by atoms with Crippen LogP contribution < -0.4 is 11.0 Å². The first kappa shape index (κ1) is 27.9. The molecule has 2 unspecified atom stereocenters. The number of amides is 3. The number of hydrogen-bond donors (Lipinski definition) is 1. The minimum atomic E-state index is -1.83. The number of nitrogens with zero attached hydrogens (tertiary/aromatic N) is 3. The summed E-state index contributed by atoms with van der Waals surface area (Å²) < 4.78 is 9.28. The van der Waals surface area contributed by atoms with Crippen molar-refractivity contribution in [3.63, 3.8) is 0 Å². The average molecular weight is 539 g/mol. The molecule has 38 heavy (non-hydrogen) atoms. The topological polar surface area (TPSA) is 103 Å². The summed E-state index contributed by atoms with van der Waals surface area (Å²) in [5.41, 5.74) is 1.68. The minimum Gasteiger partial charge on any atom is -0.417 e. The van der Waals surface area contributed by atoms with Crippen LogP contribution >= 0.6 is 0 Å². The molecule has 0 radical (unpaired) electrons. The summed E-state index contributed by atoms with van der Waals surface area (Å²) in [4.78, 5) is 51.4. The number of piperidine rings is 2. The van der Waals surface area contributed by atoms with Gasteiger partial charge in [0.2, 0.25) is 17.7 Å². The number of aromatic nitrogens is 2. The predicted octanol–water partition coefficient (Wildman–Crippen LogP) is 2.93. The number of hydrogen-bond acceptors (Lipinski definition) is 5. The molecule has 3 amide bonds. The Hall–Kier alpha value is -3.16. The molecule has 9 nitrogen and oxygen atoms in total. The number of benzene rings is 1. The Labute approximate surface area is 224 Å². The second-order valence-electron chi connectivity index (χ2n) is 11.9. The number of nitrogens with one attached hydrogen (secondary N) is 1. The predicted molar refractivity (Wildman–Crippen MR) is 148 cm³/mol. The van der Waals surface area contributed by atoms with Gasteiger partial charge in [-0.1, -0.05) is 32.6 Å². The van der Waals surface area contributed by atoms with Gasteiger partial charge < -0.3 is 9.33 Å². The largest absolute Gasteiger partial charge is 0.417 e. The summed E-state index contributed by atoms with van der Waals surface area (Å²) >= 11 is 0. The Morgan fingerprint density at radius 2 is 1.84 bits per heavy atom. The second kappa shape index (κ2) is 10.5. The molecule has 0 saturated carbocycles. The highest BCUT2D eigenvalue weighted by Crippen LogP contribution is 2.37. The van der Waals surface area contributed by atoms with Crippen LogP contribution in [-0.2, 0) is 25.9 Å². The lowest BCUT2D eigenvalue weighted by Gasteiger charge is -2.38. The van der Waals surface area contributed by atoms with Gasteiger partial charge in [0.25, 0.3) is 0 Å². The number of imidazole rings is 1. The highest BCUT2D eigenvalue weighted by Gasteiger charge is 2.38. The molecule has 1 aromatic carbocycles. The van der Waals surface area contributed by atoms with E-state index in [4.69, 9.17) is 4.43 Å². The highest BCUT2D eigenvalue weighted by molar-refractivity contribution is 6.74. The first-order chi connectivity index (χ1) is 17.8. The maximum Gasteiger partial charge on any atom is 0.329 e. The third kappa shape index (κ3) is 5.64. The number of carbonyl (C=O) groups excluding carboxylic acids is 3. The first-order valence-corrected chi connectivity index (χ1v) is 16.1. The van der Waals surface area contributed by atoms with Crippen molar-refractivity contribution < 1.29 is 18.8 Å². The monoisotopic (exact) mass is 538 g/mol. The Balaban J connectivity index is 1.40. The minimum absolute atomic E-state index is 0.105. The van der Waals surface area contributed by atoms with Gasteiger partial charge in [-0.25, -0.2) is 4.79 Å². The van der Waals surface area contributed by atoms with Crippen molar-refractivity contribution in [2.45, 2.75) is 70.6 Å². The number of carbonyl (C=O) groups is 3. The molecule has 4 rings (SSSR count). The molecular weight excluding hydrogens is 500 g/mol. The van der Waals surface area contributed by atoms with Crippen molar-refractivity contribution in [2.24, 2.45) is 13.0 Å². The Morgan fingerprint density at radius 1 is 1.11 bits per heavy atom. The molecule has 0 aliphatic carbocycles. The number of fused-ring (bicyclic) bond motifs is 1. The van der Waals surface area contributed by atoms with E-state index in [2.05, 4.69) is 51.0 Å². The molecule has 204 valence electrons. The maximum absolute atomic E-state index is 12.9. The van der Waals surface area contributed by atoms with Crippen LogP contribution in [-0.4, -0.2) is 59.8 Å². The van der Waals surface area contributed by atoms with Gasteiger partial charge in [-0.15, -0.1) is 0 Å². The van der Waals surface area contributed by atoms with Crippen LogP contribution in [0, 0.1) is 17.8 Å². The van der Waals surface area contributed by atoms with Crippen LogP contribution in [0.4, 0.5) is 0 Å². The molecule has 2 aromatic rings. The Morgan fingerprint density at radius 3 is 2.50 bits per heavy atom. The molecular formula is C28H38N4O5Si. The van der Waals surface area contributed by atoms with Gasteiger partial charge in [0, 0.05) is 38.6 Å². The van der Waals surface area contributed by atoms with Crippen LogP contribution in [0.25, 0.3) is 11.0 Å². The van der Waals surface area contributed by atoms with E-state index in [9.17, 15) is 19.2 Å². The average Bonchev–Trinajstić information content (AvgIpc) is 3.08. The third-order valence-corrected chi connectivity index (χ3v) is 12.7. The number of rotatable bonds is 5. The van der Waals surface area contributed by atoms with Crippen molar-refractivity contribution in [3.8, 4) is 11.8 Å². The standard InChI is InChI=1S/C28H38N4O5Si/c1-28(2,3)38(5,6)37-18-20-13-15-31(25(34)17-20)14-7-8-19-9-10-21-23(16-19)30(4)27(36)32(21)22-11-12-24(33)29-26(22)35/h9-10,16,20,22H,11-15,17-18H2,1-6H3,(H,29,33,35). The van der Waals surface area contributed by atoms with Crippen LogP contribution in [0.15, 0.2) is 23.0 Å². The molecule has 2 saturated heterocycles. The second-order valence-corrected chi connectivity index (χ2v) is 16.7. The molecule has 0 bridgehead atoms. The summed E-state index contributed by atoms with van der Waals surface area (Å²) in [6.07, 6.45) is 1.88. The smallest absolute Gasteiger partial charge is 0.329 e. The zero-order valence-corrected chi connectivity index (χ0v) is 24.2. The number of imide groups is 1. The van der Waals surface area contributed by atoms with Crippen LogP contribution in [0.3, 0.4) is 0 Å². The molecule has 2 aliphatic heterocycles. The van der Waals surface area contributed by atoms with E-state index in [0.717, 1.165) is 12.0 Å². The van der Waals surface area contributed by atoms with Gasteiger partial charge in [-0.2, -0.15) is 0 Å². The zero-order valence-electron chi connectivity index (χ0n) is 23.2. The van der Waals surface area contributed by atoms with Gasteiger partial charge >= 0.3 is 5.69 Å². The quantitative estimate of drug-likeness (QED) is 0.358. The molecule has 1 aromatic heterocycles. The van der Waals surface area contributed by atoms with E-state index in [-0.39, 0.29) is 34.9 Å². The number of aryl methyl sites for hydroxylation is 1. The molecule has 10 heteroatoms. The van der Waals surface area contributed by atoms with E-state index >= 15 is 0 Å². The fourth-order valence-corrected chi connectivity index (χ4v) is 5.79. The van der Waals surface area contributed by atoms with Crippen molar-refractivity contribution >= 4 is 37.1 Å². The fraction of sp³-hybridized carbons (Fsp3) is 0.571. The molecule has 2 fully saturated rings. The zero-order chi connectivity index (χ0) is 27.8. The molecule has 1 N–H and O–H groups in total. The molecule has 3 heterocycles. The number of likely N-dealkylation sites (tertiary alicyclic amines) is 1. The van der Waals surface area contributed by atoms with E-state index in [1.54, 1.807) is 18.0 Å². The lowest BCUT2D eigenvalue weighted by atomic mass is 9.97. The normalized spacial score (nSPS) is 20.9. The lowest BCUT2D eigenvalue weighted by molar-refractivity contribution is -0.136. The van der Waals surface area contributed by atoms with E-state index in [1.165, 1.54) is 9.13 Å². The maximum atomic E-state index is 12.9. The van der Waals surface area contributed by atoms with Crippen molar-refractivity contribution in [3.05, 3.63) is 34.2 Å². The molecule has 2 atom stereocenters. The molecule has 0 spiro atoms. The van der Waals surface area contributed by atoms with Gasteiger partial charge in [0.1, 0.15) is 6.04 Å². The highest BCUT2D eigenvalue weighted by atomic mass is 28.4. The van der Waals surface area contributed by atoms with E-state index < -0.39 is 20.3 Å². The van der Waals surface area contributed by atoms with E-state index in [0.29, 0.717) is 43.6 Å². The summed E-state index contributed by atoms with van der Waals surface area (Å²) in [5.74, 6) is 5.80. The van der Waals surface area contributed by atoms with Crippen molar-refractivity contribution in [1.82, 2.24) is 19.4 Å². The lowest BCUT2D eigenvalue weighted by Crippen LogP contribution is -2.44. The van der Waals surface area contributed by atoms with Crippen molar-refractivity contribution in [1.29, 1.82) is 0 Å². The van der Waals surface area contributed by atoms with Crippen LogP contribution in [0.5, 0.6) is 0 Å². The van der Waals surface area contributed by atoms with Crippen LogP contribution in [0.1, 0.15) is 58.1 Å². The Kier molecular flexibility index (Phi) is 7.73. The van der Waals surface area contributed by atoms with Gasteiger partial charge in [-0.05, 0) is 55.1 Å². The summed E-state index contributed by atoms with van der Waals surface area (Å²) in [6, 6.07) is 4.69. The summed E-state index contributed by atoms with van der Waals surface area (Å²) in [7, 11) is -0.177. The van der Waals surface area contributed by atoms with E-state index in [1.807, 2.05) is 12.1 Å². The molecule has 2 aliphatic rings. The van der Waals surface area contributed by atoms with Gasteiger partial charge in [0.15, 0.2) is 8.32 Å². The summed E-state index contributed by atoms with van der Waals surface area (Å²) in [5, 5.41) is 2.47. The van der Waals surface area contributed by atoms with Gasteiger partial charge in [-0.3, -0.25) is 28.8 Å². The van der Waals surface area contributed by atoms with Crippen molar-refractivity contribution in [2.75, 3.05) is 19.7 Å².